The van der Waals surface area contributed by atoms with Gasteiger partial charge in [0.15, 0.2) is 5.78 Å². The number of Topliss-reactive ketones (excluding diaryl/α,β-unsaturated/α-hetero) is 1. The zero-order valence-electron chi connectivity index (χ0n) is 15.5. The molecule has 7 heteroatoms. The molecule has 2 aromatic carbocycles. The largest absolute Gasteiger partial charge is 0.421 e. The van der Waals surface area contributed by atoms with Crippen molar-refractivity contribution < 1.29 is 23.5 Å². The molecule has 1 aromatic heterocycles. The van der Waals surface area contributed by atoms with Crippen molar-refractivity contribution in [3.63, 3.8) is 0 Å². The van der Waals surface area contributed by atoms with Crippen LogP contribution in [0.1, 0.15) is 37.7 Å². The minimum Gasteiger partial charge on any atom is -0.421 e. The van der Waals surface area contributed by atoms with E-state index in [0.717, 1.165) is 0 Å². The van der Waals surface area contributed by atoms with Crippen molar-refractivity contribution in [3.8, 4) is 5.75 Å². The van der Waals surface area contributed by atoms with Gasteiger partial charge in [0.2, 0.25) is 0 Å². The Hall–Kier alpha value is -3.61. The monoisotopic (exact) mass is 380 g/mol. The second kappa shape index (κ2) is 7.56. The maximum absolute atomic E-state index is 13.0. The summed E-state index contributed by atoms with van der Waals surface area (Å²) in [5.41, 5.74) is 1.91. The highest BCUT2D eigenvalue weighted by Crippen LogP contribution is 2.18. The normalized spacial score (nSPS) is 10.6. The first kappa shape index (κ1) is 19.2. The van der Waals surface area contributed by atoms with E-state index in [9.17, 15) is 18.8 Å². The Morgan fingerprint density at radius 2 is 1.46 bits per heavy atom. The topological polar surface area (TPSA) is 78.3 Å². The van der Waals surface area contributed by atoms with Crippen LogP contribution in [-0.2, 0) is 11.8 Å². The lowest BCUT2D eigenvalue weighted by Gasteiger charge is -2.06. The average Bonchev–Trinajstić information content (AvgIpc) is 2.93. The summed E-state index contributed by atoms with van der Waals surface area (Å²) in [6.07, 6.45) is 0. The number of hydrogen-bond acceptors (Lipinski definition) is 5. The van der Waals surface area contributed by atoms with E-state index in [2.05, 4.69) is 5.10 Å². The molecule has 0 aliphatic carbocycles. The van der Waals surface area contributed by atoms with Crippen LogP contribution in [0.15, 0.2) is 48.5 Å². The summed E-state index contributed by atoms with van der Waals surface area (Å²) in [6.45, 7) is 3.33. The molecule has 1 heterocycles. The number of hydrogen-bond donors (Lipinski definition) is 0. The van der Waals surface area contributed by atoms with Crippen LogP contribution in [0.5, 0.6) is 5.75 Å². The van der Waals surface area contributed by atoms with Gasteiger partial charge in [-0.3, -0.25) is 14.3 Å². The summed E-state index contributed by atoms with van der Waals surface area (Å²) >= 11 is 0. The van der Waals surface area contributed by atoms with Crippen LogP contribution in [-0.4, -0.2) is 27.3 Å². The van der Waals surface area contributed by atoms with E-state index >= 15 is 0 Å². The third-order valence-electron chi connectivity index (χ3n) is 4.35. The van der Waals surface area contributed by atoms with Crippen molar-refractivity contribution in [3.05, 3.63) is 82.4 Å². The van der Waals surface area contributed by atoms with Gasteiger partial charge in [0, 0.05) is 23.9 Å². The lowest BCUT2D eigenvalue weighted by atomic mass is 10.0. The van der Waals surface area contributed by atoms with Crippen LogP contribution < -0.4 is 4.74 Å². The maximum Gasteiger partial charge on any atom is 0.385 e. The molecule has 0 atom stereocenters. The first-order valence-corrected chi connectivity index (χ1v) is 8.45. The van der Waals surface area contributed by atoms with Gasteiger partial charge in [-0.05, 0) is 62.4 Å². The quantitative estimate of drug-likeness (QED) is 0.294. The fraction of sp³-hybridized carbons (Fsp3) is 0.143. The zero-order chi connectivity index (χ0) is 20.4. The Morgan fingerprint density at radius 1 is 0.929 bits per heavy atom. The lowest BCUT2D eigenvalue weighted by Crippen LogP contribution is -2.21. The molecular weight excluding hydrogens is 363 g/mol. The Balaban J connectivity index is 1.73. The van der Waals surface area contributed by atoms with Crippen LogP contribution in [0, 0.1) is 19.7 Å². The van der Waals surface area contributed by atoms with Gasteiger partial charge in [0.05, 0.1) is 11.3 Å². The molecule has 28 heavy (non-hydrogen) atoms. The van der Waals surface area contributed by atoms with E-state index < -0.39 is 17.6 Å². The van der Waals surface area contributed by atoms with Crippen molar-refractivity contribution >= 4 is 17.5 Å². The predicted molar refractivity (Wildman–Crippen MR) is 98.9 cm³/mol. The molecule has 3 aromatic rings. The summed E-state index contributed by atoms with van der Waals surface area (Å²) in [5, 5.41) is 4.11. The Labute approximate surface area is 160 Å². The van der Waals surface area contributed by atoms with Gasteiger partial charge in [-0.15, -0.1) is 0 Å². The van der Waals surface area contributed by atoms with Gasteiger partial charge in [-0.1, -0.05) is 0 Å². The number of ether oxygens (including phenoxy) is 1. The van der Waals surface area contributed by atoms with Gasteiger partial charge < -0.3 is 4.74 Å². The van der Waals surface area contributed by atoms with Crippen molar-refractivity contribution in [1.82, 2.24) is 9.78 Å². The van der Waals surface area contributed by atoms with Gasteiger partial charge in [-0.25, -0.2) is 9.18 Å². The molecule has 0 bridgehead atoms. The van der Waals surface area contributed by atoms with Gasteiger partial charge in [0.25, 0.3) is 5.78 Å². The Morgan fingerprint density at radius 3 is 1.96 bits per heavy atom. The molecule has 0 aliphatic heterocycles. The number of esters is 1. The number of carbonyl (C=O) groups excluding carboxylic acids is 3. The average molecular weight is 380 g/mol. The number of nitrogens with zero attached hydrogens (tertiary/aromatic N) is 2. The first-order valence-electron chi connectivity index (χ1n) is 8.45. The minimum absolute atomic E-state index is 0.133. The number of halogens is 1. The summed E-state index contributed by atoms with van der Waals surface area (Å²) in [5.74, 6) is -2.40. The SMILES string of the molecule is Cc1nn(C)c(C)c1C(=O)C(=O)Oc1ccc(C(=O)c2ccc(F)cc2)cc1. The molecule has 0 amide bonds. The fourth-order valence-electron chi connectivity index (χ4n) is 2.80. The fourth-order valence-corrected chi connectivity index (χ4v) is 2.80. The number of aromatic nitrogens is 2. The first-order chi connectivity index (χ1) is 13.3. The molecule has 0 saturated carbocycles. The number of carbonyl (C=O) groups is 3. The van der Waals surface area contributed by atoms with Crippen molar-refractivity contribution in [1.29, 1.82) is 0 Å². The molecule has 0 fully saturated rings. The molecule has 142 valence electrons. The maximum atomic E-state index is 13.0. The van der Waals surface area contributed by atoms with E-state index in [0.29, 0.717) is 22.5 Å². The van der Waals surface area contributed by atoms with Gasteiger partial charge >= 0.3 is 5.97 Å². The molecule has 6 nitrogen and oxygen atoms in total. The lowest BCUT2D eigenvalue weighted by molar-refractivity contribution is -0.129. The van der Waals surface area contributed by atoms with E-state index in [1.165, 1.54) is 53.2 Å². The van der Waals surface area contributed by atoms with Crippen molar-refractivity contribution in [2.75, 3.05) is 0 Å². The highest BCUT2D eigenvalue weighted by Gasteiger charge is 2.25. The number of aryl methyl sites for hydroxylation is 2. The third kappa shape index (κ3) is 3.73. The predicted octanol–water partition coefficient (Wildman–Crippen LogP) is 3.20. The Bertz CT molecular complexity index is 1070. The van der Waals surface area contributed by atoms with Crippen LogP contribution in [0.25, 0.3) is 0 Å². The molecule has 0 saturated heterocycles. The van der Waals surface area contributed by atoms with Gasteiger partial charge in [0.1, 0.15) is 11.6 Å². The summed E-state index contributed by atoms with van der Waals surface area (Å²) < 4.78 is 19.6. The van der Waals surface area contributed by atoms with E-state index in [1.807, 2.05) is 0 Å². The van der Waals surface area contributed by atoms with Crippen LogP contribution >= 0.6 is 0 Å². The molecule has 0 spiro atoms. The Kier molecular flexibility index (Phi) is 5.17. The van der Waals surface area contributed by atoms with E-state index in [-0.39, 0.29) is 17.1 Å². The highest BCUT2D eigenvalue weighted by atomic mass is 19.1. The summed E-state index contributed by atoms with van der Waals surface area (Å²) in [6, 6.07) is 11.0. The second-order valence-corrected chi connectivity index (χ2v) is 6.25. The molecule has 0 aliphatic rings. The molecule has 0 N–H and O–H groups in total. The molecular formula is C21H17FN2O4. The standard InChI is InChI=1S/C21H17FN2O4/c1-12-18(13(2)24(3)23-12)20(26)21(27)28-17-10-6-15(7-11-17)19(25)14-4-8-16(22)9-5-14/h4-11H,1-3H3. The van der Waals surface area contributed by atoms with Crippen molar-refractivity contribution in [2.45, 2.75) is 13.8 Å². The number of ketones is 2. The molecule has 0 radical (unpaired) electrons. The number of rotatable bonds is 5. The van der Waals surface area contributed by atoms with Crippen LogP contribution in [0.2, 0.25) is 0 Å². The third-order valence-corrected chi connectivity index (χ3v) is 4.35. The smallest absolute Gasteiger partial charge is 0.385 e. The van der Waals surface area contributed by atoms with Crippen molar-refractivity contribution in [2.24, 2.45) is 7.05 Å². The summed E-state index contributed by atoms with van der Waals surface area (Å²) in [7, 11) is 1.68. The van der Waals surface area contributed by atoms with E-state index in [4.69, 9.17) is 4.74 Å². The minimum atomic E-state index is -1.03. The molecule has 3 rings (SSSR count). The number of benzene rings is 2. The van der Waals surface area contributed by atoms with Crippen LogP contribution in [0.4, 0.5) is 4.39 Å². The van der Waals surface area contributed by atoms with Crippen LogP contribution in [0.3, 0.4) is 0 Å². The van der Waals surface area contributed by atoms with Gasteiger partial charge in [-0.2, -0.15) is 5.10 Å². The highest BCUT2D eigenvalue weighted by molar-refractivity contribution is 6.41. The summed E-state index contributed by atoms with van der Waals surface area (Å²) in [4.78, 5) is 36.9. The van der Waals surface area contributed by atoms with E-state index in [1.54, 1.807) is 20.9 Å². The molecule has 0 unspecified atom stereocenters. The zero-order valence-corrected chi connectivity index (χ0v) is 15.5. The second-order valence-electron chi connectivity index (χ2n) is 6.25.